The van der Waals surface area contributed by atoms with Crippen molar-refractivity contribution in [2.45, 2.75) is 28.8 Å². The average Bonchev–Trinajstić information content (AvgIpc) is 2.27. The molecule has 15 heavy (non-hydrogen) atoms. The van der Waals surface area contributed by atoms with Crippen molar-refractivity contribution in [3.8, 4) is 0 Å². The minimum atomic E-state index is -0.243. The van der Waals surface area contributed by atoms with Crippen LogP contribution in [0.25, 0.3) is 0 Å². The zero-order valence-electron chi connectivity index (χ0n) is 9.41. The van der Waals surface area contributed by atoms with Crippen molar-refractivity contribution in [3.63, 3.8) is 0 Å². The van der Waals surface area contributed by atoms with E-state index in [1.165, 1.54) is 0 Å². The summed E-state index contributed by atoms with van der Waals surface area (Å²) in [6, 6.07) is 10.0. The first-order chi connectivity index (χ1) is 7.06. The van der Waals surface area contributed by atoms with Crippen LogP contribution in [0.5, 0.6) is 0 Å². The second-order valence-electron chi connectivity index (χ2n) is 3.88. The summed E-state index contributed by atoms with van der Waals surface area (Å²) in [7, 11) is 0. The van der Waals surface area contributed by atoms with Gasteiger partial charge in [-0.25, -0.2) is 0 Å². The number of amides is 1. The van der Waals surface area contributed by atoms with Gasteiger partial charge in [-0.3, -0.25) is 0 Å². The van der Waals surface area contributed by atoms with Gasteiger partial charge in [0.1, 0.15) is 0 Å². The molecule has 1 amide bonds. The molecule has 1 rings (SSSR count). The van der Waals surface area contributed by atoms with E-state index in [2.05, 4.69) is 10.3 Å². The molecule has 0 unspecified atom stereocenters. The summed E-state index contributed by atoms with van der Waals surface area (Å²) in [6.45, 7) is 4.68. The Morgan fingerprint density at radius 1 is 1.33 bits per heavy atom. The Morgan fingerprint density at radius 3 is 2.47 bits per heavy atom. The van der Waals surface area contributed by atoms with Gasteiger partial charge in [-0.2, -0.15) is 0 Å². The molecule has 0 heterocycles. The molecule has 0 fully saturated rings. The Hall–Kier alpha value is -0.520. The van der Waals surface area contributed by atoms with Crippen LogP contribution in [0.3, 0.4) is 0 Å². The molecule has 82 valence electrons. The molecule has 0 atom stereocenters. The first-order valence-electron chi connectivity index (χ1n) is 4.93. The molecule has 3 heteroatoms. The Labute approximate surface area is 102 Å². The fraction of sp³-hybridized carbons (Fsp3) is 0.417. The number of benzene rings is 1. The number of rotatable bonds is 4. The molecule has 1 aromatic carbocycles. The van der Waals surface area contributed by atoms with Crippen LogP contribution < -0.4 is 5.32 Å². The van der Waals surface area contributed by atoms with Gasteiger partial charge in [0.25, 0.3) is 0 Å². The van der Waals surface area contributed by atoms with E-state index < -0.39 is 0 Å². The Morgan fingerprint density at radius 2 is 1.93 bits per heavy atom. The van der Waals surface area contributed by atoms with Gasteiger partial charge >= 0.3 is 102 Å². The third kappa shape index (κ3) is 3.85. The minimum absolute atomic E-state index is 0.139. The quantitative estimate of drug-likeness (QED) is 0.848. The van der Waals surface area contributed by atoms with E-state index in [0.717, 1.165) is 5.56 Å². The topological polar surface area (TPSA) is 29.1 Å². The van der Waals surface area contributed by atoms with E-state index in [4.69, 9.17) is 0 Å². The van der Waals surface area contributed by atoms with Crippen LogP contribution in [0.1, 0.15) is 19.4 Å². The first kappa shape index (κ1) is 12.5. The predicted molar refractivity (Wildman–Crippen MR) is 63.9 cm³/mol. The molecule has 2 nitrogen and oxygen atoms in total. The molecule has 0 aliphatic rings. The molecule has 0 spiro atoms. The van der Waals surface area contributed by atoms with E-state index in [1.807, 2.05) is 44.2 Å². The maximum atomic E-state index is 11.8. The van der Waals surface area contributed by atoms with Crippen LogP contribution in [0.2, 0.25) is 8.43 Å². The van der Waals surface area contributed by atoms with Crippen LogP contribution in [0, 0.1) is 0 Å². The Bertz CT molecular complexity index is 322. The molecule has 0 saturated heterocycles. The van der Waals surface area contributed by atoms with Crippen LogP contribution in [0.15, 0.2) is 30.3 Å². The first-order valence-corrected chi connectivity index (χ1v) is 8.43. The Kier molecular flexibility index (Phi) is 4.63. The van der Waals surface area contributed by atoms with Crippen molar-refractivity contribution < 1.29 is 4.79 Å². The average molecular weight is 319 g/mol. The van der Waals surface area contributed by atoms with Crippen molar-refractivity contribution in [2.75, 3.05) is 0 Å². The van der Waals surface area contributed by atoms with Gasteiger partial charge in [-0.05, 0) is 0 Å². The molecule has 1 aromatic rings. The molecule has 0 bridgehead atoms. The van der Waals surface area contributed by atoms with Crippen molar-refractivity contribution in [2.24, 2.45) is 0 Å². The van der Waals surface area contributed by atoms with Gasteiger partial charge in [0, 0.05) is 0 Å². The number of carbonyl (C=O) groups is 1. The van der Waals surface area contributed by atoms with Crippen LogP contribution in [-0.2, 0) is 11.3 Å². The molecular formula is C12H17NOTe. The molecule has 0 radical (unpaired) electrons. The fourth-order valence-corrected chi connectivity index (χ4v) is 1.82. The van der Waals surface area contributed by atoms with E-state index in [-0.39, 0.29) is 30.3 Å². The van der Waals surface area contributed by atoms with E-state index >= 15 is 0 Å². The number of carbonyl (C=O) groups excluding carboxylic acids is 1. The second kappa shape index (κ2) is 5.53. The van der Waals surface area contributed by atoms with Crippen LogP contribution in [0.4, 0.5) is 0 Å². The van der Waals surface area contributed by atoms with Gasteiger partial charge in [0.15, 0.2) is 0 Å². The molecule has 1 N–H and O–H groups in total. The summed E-state index contributed by atoms with van der Waals surface area (Å²) in [5, 5.41) is 2.98. The van der Waals surface area contributed by atoms with E-state index in [0.29, 0.717) is 6.54 Å². The van der Waals surface area contributed by atoms with Crippen LogP contribution in [-0.4, -0.2) is 26.8 Å². The van der Waals surface area contributed by atoms with Crippen molar-refractivity contribution in [1.29, 1.82) is 0 Å². The van der Waals surface area contributed by atoms with E-state index in [9.17, 15) is 4.79 Å². The summed E-state index contributed by atoms with van der Waals surface area (Å²) in [5.74, 6) is 0.177. The third-order valence-corrected chi connectivity index (χ3v) is 5.80. The van der Waals surface area contributed by atoms with Crippen molar-refractivity contribution in [1.82, 2.24) is 5.32 Å². The fourth-order valence-electron chi connectivity index (χ4n) is 1.08. The van der Waals surface area contributed by atoms with Crippen molar-refractivity contribution in [3.05, 3.63) is 35.9 Å². The number of nitrogens with one attached hydrogen (secondary N) is 1. The Balaban J connectivity index is 2.48. The van der Waals surface area contributed by atoms with Gasteiger partial charge in [-0.1, -0.05) is 0 Å². The summed E-state index contributed by atoms with van der Waals surface area (Å²) in [4.78, 5) is 14.0. The molecule has 0 aromatic heterocycles. The SMILES string of the molecule is C[Te]C(C)(C)C(=O)NCc1ccccc1. The van der Waals surface area contributed by atoms with Gasteiger partial charge in [0.2, 0.25) is 0 Å². The van der Waals surface area contributed by atoms with Crippen LogP contribution >= 0.6 is 0 Å². The summed E-state index contributed by atoms with van der Waals surface area (Å²) in [5.41, 5.74) is 1.15. The number of hydrogen-bond donors (Lipinski definition) is 1. The standard InChI is InChI=1S/C12H17NOTe/c1-12(2,15-3)11(14)13-9-10-7-5-4-6-8-10/h4-8H,9H2,1-3H3,(H,13,14). The molecule has 0 aliphatic carbocycles. The summed E-state index contributed by atoms with van der Waals surface area (Å²) < 4.78 is -0.139. The van der Waals surface area contributed by atoms with Gasteiger partial charge < -0.3 is 0 Å². The maximum absolute atomic E-state index is 11.8. The van der Waals surface area contributed by atoms with E-state index in [1.54, 1.807) is 0 Å². The number of hydrogen-bond acceptors (Lipinski definition) is 1. The molecular weight excluding hydrogens is 302 g/mol. The summed E-state index contributed by atoms with van der Waals surface area (Å²) >= 11 is -0.243. The zero-order valence-corrected chi connectivity index (χ0v) is 11.7. The zero-order chi connectivity index (χ0) is 11.3. The molecule has 0 saturated carbocycles. The molecule has 0 aliphatic heterocycles. The third-order valence-electron chi connectivity index (χ3n) is 2.35. The van der Waals surface area contributed by atoms with Gasteiger partial charge in [-0.15, -0.1) is 0 Å². The monoisotopic (exact) mass is 321 g/mol. The summed E-state index contributed by atoms with van der Waals surface area (Å²) in [6.07, 6.45) is 0. The van der Waals surface area contributed by atoms with Crippen molar-refractivity contribution >= 4 is 26.8 Å². The normalized spacial score (nSPS) is 11.1. The second-order valence-corrected chi connectivity index (χ2v) is 7.96. The predicted octanol–water partition coefficient (Wildman–Crippen LogP) is 2.25. The van der Waals surface area contributed by atoms with Gasteiger partial charge in [0.05, 0.1) is 0 Å².